The van der Waals surface area contributed by atoms with Gasteiger partial charge in [0.25, 0.3) is 0 Å². The number of ether oxygens (including phenoxy) is 1. The highest BCUT2D eigenvalue weighted by molar-refractivity contribution is 5.89. The van der Waals surface area contributed by atoms with Crippen molar-refractivity contribution in [2.24, 2.45) is 0 Å². The standard InChI is InChI=1S/C25H20F3N5O2/c26-25(27,28)19-4-7-23(31-15-19)35-22-3-1-2-18(13-22)12-17-8-10-33(11-9-17)24(34)32-21-6-5-20(14-29)30-16-21/h1-7,12-13,15-16H,8-11H2,(H,32,34). The lowest BCUT2D eigenvalue weighted by Gasteiger charge is -2.28. The van der Waals surface area contributed by atoms with Crippen LogP contribution < -0.4 is 10.1 Å². The Morgan fingerprint density at radius 1 is 1.09 bits per heavy atom. The average Bonchev–Trinajstić information content (AvgIpc) is 2.85. The summed E-state index contributed by atoms with van der Waals surface area (Å²) in [6.07, 6.45) is 1.15. The van der Waals surface area contributed by atoms with Crippen LogP contribution in [0.5, 0.6) is 11.6 Å². The molecular formula is C25H20F3N5O2. The van der Waals surface area contributed by atoms with Crippen LogP contribution >= 0.6 is 0 Å². The second-order valence-corrected chi connectivity index (χ2v) is 7.82. The third-order valence-corrected chi connectivity index (χ3v) is 5.34. The summed E-state index contributed by atoms with van der Waals surface area (Å²) in [5, 5.41) is 11.6. The maximum absolute atomic E-state index is 12.7. The molecule has 3 aromatic rings. The quantitative estimate of drug-likeness (QED) is 0.505. The molecule has 2 aromatic heterocycles. The molecule has 0 unspecified atom stereocenters. The van der Waals surface area contributed by atoms with Crippen LogP contribution in [0.25, 0.3) is 6.08 Å². The molecule has 0 radical (unpaired) electrons. The van der Waals surface area contributed by atoms with E-state index in [2.05, 4.69) is 15.3 Å². The number of urea groups is 1. The molecule has 1 aliphatic heterocycles. The number of likely N-dealkylation sites (tertiary alicyclic amines) is 1. The Balaban J connectivity index is 1.33. The van der Waals surface area contributed by atoms with Crippen molar-refractivity contribution >= 4 is 17.8 Å². The predicted molar refractivity (Wildman–Crippen MR) is 123 cm³/mol. The van der Waals surface area contributed by atoms with Crippen LogP contribution in [-0.2, 0) is 6.18 Å². The Morgan fingerprint density at radius 2 is 1.89 bits per heavy atom. The molecule has 1 aliphatic rings. The Morgan fingerprint density at radius 3 is 2.51 bits per heavy atom. The molecule has 1 fully saturated rings. The highest BCUT2D eigenvalue weighted by atomic mass is 19.4. The summed E-state index contributed by atoms with van der Waals surface area (Å²) in [5.74, 6) is 0.527. The smallest absolute Gasteiger partial charge is 0.417 e. The van der Waals surface area contributed by atoms with Gasteiger partial charge in [-0.2, -0.15) is 18.4 Å². The maximum atomic E-state index is 12.7. The molecule has 0 atom stereocenters. The van der Waals surface area contributed by atoms with Gasteiger partial charge in [0.15, 0.2) is 0 Å². The van der Waals surface area contributed by atoms with Crippen molar-refractivity contribution in [1.82, 2.24) is 14.9 Å². The van der Waals surface area contributed by atoms with Crippen molar-refractivity contribution in [2.75, 3.05) is 18.4 Å². The fourth-order valence-corrected chi connectivity index (χ4v) is 3.51. The van der Waals surface area contributed by atoms with Crippen molar-refractivity contribution in [3.8, 4) is 17.7 Å². The molecule has 2 amide bonds. The minimum absolute atomic E-state index is 0.0691. The topological polar surface area (TPSA) is 91.1 Å². The van der Waals surface area contributed by atoms with Crippen LogP contribution in [0.15, 0.2) is 66.5 Å². The van der Waals surface area contributed by atoms with E-state index in [9.17, 15) is 18.0 Å². The van der Waals surface area contributed by atoms with E-state index in [1.54, 1.807) is 29.2 Å². The number of carbonyl (C=O) groups is 1. The van der Waals surface area contributed by atoms with Crippen LogP contribution in [0, 0.1) is 11.3 Å². The fourth-order valence-electron chi connectivity index (χ4n) is 3.51. The number of aromatic nitrogens is 2. The van der Waals surface area contributed by atoms with Crippen LogP contribution in [0.2, 0.25) is 0 Å². The highest BCUT2D eigenvalue weighted by Crippen LogP contribution is 2.30. The predicted octanol–water partition coefficient (Wildman–Crippen LogP) is 5.87. The molecule has 0 spiro atoms. The Bertz CT molecular complexity index is 1260. The third-order valence-electron chi connectivity index (χ3n) is 5.34. The van der Waals surface area contributed by atoms with Crippen molar-refractivity contribution in [1.29, 1.82) is 5.26 Å². The van der Waals surface area contributed by atoms with E-state index in [1.807, 2.05) is 18.2 Å². The average molecular weight is 479 g/mol. The van der Waals surface area contributed by atoms with Gasteiger partial charge in [-0.25, -0.2) is 14.8 Å². The van der Waals surface area contributed by atoms with Crippen LogP contribution in [-0.4, -0.2) is 34.0 Å². The minimum atomic E-state index is -4.45. The number of pyridine rings is 2. The van der Waals surface area contributed by atoms with Crippen molar-refractivity contribution in [3.05, 3.63) is 83.3 Å². The SMILES string of the molecule is N#Cc1ccc(NC(=O)N2CCC(=Cc3cccc(Oc4ccc(C(F)(F)F)cn4)c3)CC2)cn1. The highest BCUT2D eigenvalue weighted by Gasteiger charge is 2.30. The number of carbonyl (C=O) groups excluding carboxylic acids is 1. The molecule has 1 aromatic carbocycles. The van der Waals surface area contributed by atoms with Crippen molar-refractivity contribution in [2.45, 2.75) is 19.0 Å². The molecule has 0 aliphatic carbocycles. The summed E-state index contributed by atoms with van der Waals surface area (Å²) in [7, 11) is 0. The first-order chi connectivity index (χ1) is 16.8. The molecule has 35 heavy (non-hydrogen) atoms. The second-order valence-electron chi connectivity index (χ2n) is 7.82. The number of piperidine rings is 1. The van der Waals surface area contributed by atoms with Gasteiger partial charge in [-0.05, 0) is 48.7 Å². The summed E-state index contributed by atoms with van der Waals surface area (Å²) < 4.78 is 43.7. The van der Waals surface area contributed by atoms with E-state index in [0.29, 0.717) is 37.4 Å². The first-order valence-corrected chi connectivity index (χ1v) is 10.7. The number of nitrogens with one attached hydrogen (secondary N) is 1. The molecule has 0 saturated carbocycles. The van der Waals surface area contributed by atoms with Gasteiger partial charge in [0, 0.05) is 25.4 Å². The fraction of sp³-hybridized carbons (Fsp3) is 0.200. The van der Waals surface area contributed by atoms with E-state index in [1.165, 1.54) is 23.9 Å². The lowest BCUT2D eigenvalue weighted by molar-refractivity contribution is -0.137. The van der Waals surface area contributed by atoms with Crippen molar-refractivity contribution < 1.29 is 22.7 Å². The lowest BCUT2D eigenvalue weighted by atomic mass is 10.0. The molecule has 0 bridgehead atoms. The normalized spacial score (nSPS) is 13.7. The van der Waals surface area contributed by atoms with E-state index in [4.69, 9.17) is 10.00 Å². The van der Waals surface area contributed by atoms with Gasteiger partial charge in [0.05, 0.1) is 17.4 Å². The van der Waals surface area contributed by atoms with E-state index < -0.39 is 11.7 Å². The van der Waals surface area contributed by atoms with Gasteiger partial charge in [-0.3, -0.25) is 0 Å². The number of anilines is 1. The molecule has 4 rings (SSSR count). The zero-order valence-corrected chi connectivity index (χ0v) is 18.4. The molecule has 1 N–H and O–H groups in total. The molecular weight excluding hydrogens is 459 g/mol. The first kappa shape index (κ1) is 23.8. The molecule has 178 valence electrons. The zero-order chi connectivity index (χ0) is 24.8. The molecule has 10 heteroatoms. The van der Waals surface area contributed by atoms with Gasteiger partial charge in [-0.1, -0.05) is 23.8 Å². The Kier molecular flexibility index (Phi) is 6.96. The minimum Gasteiger partial charge on any atom is -0.439 e. The number of rotatable bonds is 4. The summed E-state index contributed by atoms with van der Waals surface area (Å²) in [4.78, 5) is 21.9. The number of hydrogen-bond donors (Lipinski definition) is 1. The lowest BCUT2D eigenvalue weighted by Crippen LogP contribution is -2.39. The van der Waals surface area contributed by atoms with Crippen LogP contribution in [0.4, 0.5) is 23.7 Å². The van der Waals surface area contributed by atoms with Crippen molar-refractivity contribution in [3.63, 3.8) is 0 Å². The summed E-state index contributed by atoms with van der Waals surface area (Å²) >= 11 is 0. The van der Waals surface area contributed by atoms with E-state index in [-0.39, 0.29) is 17.6 Å². The number of hydrogen-bond acceptors (Lipinski definition) is 5. The van der Waals surface area contributed by atoms with Crippen LogP contribution in [0.3, 0.4) is 0 Å². The molecule has 7 nitrogen and oxygen atoms in total. The number of amides is 2. The number of nitriles is 1. The zero-order valence-electron chi connectivity index (χ0n) is 18.4. The van der Waals surface area contributed by atoms with Gasteiger partial charge in [-0.15, -0.1) is 0 Å². The second kappa shape index (κ2) is 10.3. The largest absolute Gasteiger partial charge is 0.439 e. The first-order valence-electron chi connectivity index (χ1n) is 10.7. The summed E-state index contributed by atoms with van der Waals surface area (Å²) in [5.41, 5.74) is 2.01. The number of benzene rings is 1. The van der Waals surface area contributed by atoms with Crippen LogP contribution in [0.1, 0.15) is 29.7 Å². The van der Waals surface area contributed by atoms with Gasteiger partial charge in [0.2, 0.25) is 5.88 Å². The molecule has 1 saturated heterocycles. The molecule has 3 heterocycles. The summed E-state index contributed by atoms with van der Waals surface area (Å²) in [6.45, 7) is 1.10. The number of alkyl halides is 3. The Labute approximate surface area is 199 Å². The third kappa shape index (κ3) is 6.35. The van der Waals surface area contributed by atoms with Gasteiger partial charge in [0.1, 0.15) is 17.5 Å². The number of nitrogens with zero attached hydrogens (tertiary/aromatic N) is 4. The Hall–Kier alpha value is -4.39. The van der Waals surface area contributed by atoms with Gasteiger partial charge < -0.3 is 15.0 Å². The van der Waals surface area contributed by atoms with E-state index in [0.717, 1.165) is 17.8 Å². The summed E-state index contributed by atoms with van der Waals surface area (Å²) in [6, 6.07) is 14.2. The van der Waals surface area contributed by atoms with Gasteiger partial charge >= 0.3 is 12.2 Å². The number of halogens is 3. The monoisotopic (exact) mass is 479 g/mol. The maximum Gasteiger partial charge on any atom is 0.417 e. The van der Waals surface area contributed by atoms with E-state index >= 15 is 0 Å².